The van der Waals surface area contributed by atoms with Crippen LogP contribution in [0.4, 0.5) is 0 Å². The number of hydrogen-bond acceptors (Lipinski definition) is 4. The first-order chi connectivity index (χ1) is 8.98. The van der Waals surface area contributed by atoms with E-state index in [0.29, 0.717) is 5.75 Å². The average molecular weight is 405 g/mol. The zero-order valence-electron chi connectivity index (χ0n) is 11.1. The van der Waals surface area contributed by atoms with Crippen LogP contribution in [0.15, 0.2) is 53.4 Å². The predicted molar refractivity (Wildman–Crippen MR) is 83.1 cm³/mol. The van der Waals surface area contributed by atoms with Crippen molar-refractivity contribution in [2.75, 3.05) is 0 Å². The molecule has 0 aliphatic rings. The van der Waals surface area contributed by atoms with E-state index in [1.807, 2.05) is 56.3 Å². The maximum atomic E-state index is 12.4. The van der Waals surface area contributed by atoms with Crippen LogP contribution in [0.2, 0.25) is 0 Å². The van der Waals surface area contributed by atoms with Crippen LogP contribution in [-0.4, -0.2) is 0 Å². The summed E-state index contributed by atoms with van der Waals surface area (Å²) in [6.07, 6.45) is 0. The molecule has 1 atom stereocenters. The number of aryl methyl sites for hydroxylation is 2. The Bertz CT molecular complexity index is 583. The van der Waals surface area contributed by atoms with Crippen molar-refractivity contribution in [3.05, 3.63) is 59.7 Å². The molecule has 0 aliphatic heterocycles. The van der Waals surface area contributed by atoms with E-state index in [9.17, 15) is 4.89 Å². The van der Waals surface area contributed by atoms with Gasteiger partial charge in [-0.15, -0.1) is 0 Å². The monoisotopic (exact) mass is 407 g/mol. The Hall–Kier alpha value is -0.112. The Balaban J connectivity index is 0.00000200. The van der Waals surface area contributed by atoms with E-state index < -0.39 is 5.69 Å². The van der Waals surface area contributed by atoms with E-state index in [1.165, 1.54) is 0 Å². The summed E-state index contributed by atoms with van der Waals surface area (Å²) in [7, 11) is 0. The fraction of sp³-hybridized carbons (Fsp3) is 0.143. The molecule has 0 saturated carbocycles. The van der Waals surface area contributed by atoms with Crippen molar-refractivity contribution < 1.29 is 30.5 Å². The van der Waals surface area contributed by atoms with Crippen molar-refractivity contribution in [3.63, 3.8) is 0 Å². The quantitative estimate of drug-likeness (QED) is 0.568. The van der Waals surface area contributed by atoms with Crippen LogP contribution in [0.5, 0.6) is 5.75 Å². The summed E-state index contributed by atoms with van der Waals surface area (Å²) in [6, 6.07) is 15.1. The average Bonchev–Trinajstić information content (AvgIpc) is 2.35. The summed E-state index contributed by atoms with van der Waals surface area (Å²) in [5, 5.41) is 0. The Labute approximate surface area is 143 Å². The molecule has 2 rings (SSSR count). The van der Waals surface area contributed by atoms with Crippen LogP contribution in [0.1, 0.15) is 11.1 Å². The summed E-state index contributed by atoms with van der Waals surface area (Å²) in [4.78, 5) is 13.3. The summed E-state index contributed by atoms with van der Waals surface area (Å²) in [5.74, 6) is 0.585. The molecule has 0 aromatic heterocycles. The first-order valence-electron chi connectivity index (χ1n) is 5.79. The minimum Gasteiger partial charge on any atom is -0.783 e. The molecule has 6 heteroatoms. The molecule has 2 aromatic rings. The molecule has 0 spiro atoms. The molecule has 0 saturated heterocycles. The van der Waals surface area contributed by atoms with Crippen LogP contribution in [-0.2, 0) is 32.9 Å². The van der Waals surface area contributed by atoms with Gasteiger partial charge in [-0.05, 0) is 37.1 Å². The third kappa shape index (κ3) is 5.02. The van der Waals surface area contributed by atoms with Gasteiger partial charge in [-0.3, -0.25) is 0 Å². The maximum Gasteiger partial charge on any atom is 0.126 e. The first kappa shape index (κ1) is 17.9. The molecule has 106 valence electrons. The molecule has 0 radical (unpaired) electrons. The van der Waals surface area contributed by atoms with Crippen molar-refractivity contribution in [2.45, 2.75) is 18.7 Å². The molecule has 0 N–H and O–H groups in total. The minimum absolute atomic E-state index is 0. The van der Waals surface area contributed by atoms with Crippen molar-refractivity contribution in [2.24, 2.45) is 0 Å². The number of rotatable bonds is 4. The second-order valence-electron chi connectivity index (χ2n) is 4.16. The van der Waals surface area contributed by atoms with Crippen molar-refractivity contribution in [3.8, 4) is 5.75 Å². The van der Waals surface area contributed by atoms with E-state index >= 15 is 0 Å². The second-order valence-corrected chi connectivity index (χ2v) is 9.99. The van der Waals surface area contributed by atoms with E-state index in [4.69, 9.17) is 16.3 Å². The molecular weight excluding hydrogens is 391 g/mol. The molecule has 2 aromatic carbocycles. The minimum atomic E-state index is -3.19. The smallest absolute Gasteiger partial charge is 0.126 e. The van der Waals surface area contributed by atoms with Gasteiger partial charge in [-0.2, -0.15) is 0 Å². The molecule has 0 fully saturated rings. The predicted octanol–water partition coefficient (Wildman–Crippen LogP) is 4.06. The zero-order chi connectivity index (χ0) is 13.9. The fourth-order valence-corrected chi connectivity index (χ4v) is 5.31. The topological polar surface area (TPSA) is 32.3 Å². The van der Waals surface area contributed by atoms with Gasteiger partial charge < -0.3 is 9.42 Å². The van der Waals surface area contributed by atoms with E-state index in [0.717, 1.165) is 27.4 Å². The number of benzene rings is 2. The third-order valence-electron chi connectivity index (χ3n) is 2.61. The van der Waals surface area contributed by atoms with Crippen LogP contribution in [0.3, 0.4) is 0 Å². The van der Waals surface area contributed by atoms with Gasteiger partial charge in [0, 0.05) is 26.0 Å². The summed E-state index contributed by atoms with van der Waals surface area (Å²) in [6.45, 7) is 3.87. The third-order valence-corrected chi connectivity index (χ3v) is 6.29. The summed E-state index contributed by atoms with van der Waals surface area (Å²) in [5.41, 5.74) is -1.21. The maximum absolute atomic E-state index is 12.4. The molecule has 0 amide bonds. The van der Waals surface area contributed by atoms with Gasteiger partial charge in [-0.1, -0.05) is 59.6 Å². The number of hydrogen-bond donors (Lipinski definition) is 0. The Morgan fingerprint density at radius 2 is 1.55 bits per heavy atom. The van der Waals surface area contributed by atoms with Crippen LogP contribution < -0.4 is 9.42 Å². The van der Waals surface area contributed by atoms with E-state index in [2.05, 4.69) is 0 Å². The SMILES string of the molecule is Cc1ccccc1OP([O-])(=S)Sc1ccccc1C.[Mo]. The Kier molecular flexibility index (Phi) is 6.97. The normalized spacial score (nSPS) is 13.2. The van der Waals surface area contributed by atoms with Gasteiger partial charge >= 0.3 is 0 Å². The van der Waals surface area contributed by atoms with Gasteiger partial charge in [0.15, 0.2) is 0 Å². The molecule has 0 aliphatic carbocycles. The molecular formula is C14H14MoO2PS2-. The van der Waals surface area contributed by atoms with Crippen LogP contribution in [0, 0.1) is 13.8 Å². The van der Waals surface area contributed by atoms with E-state index in [-0.39, 0.29) is 21.1 Å². The van der Waals surface area contributed by atoms with Crippen molar-refractivity contribution in [1.82, 2.24) is 0 Å². The molecule has 20 heavy (non-hydrogen) atoms. The summed E-state index contributed by atoms with van der Waals surface area (Å²) < 4.78 is 5.52. The molecule has 1 unspecified atom stereocenters. The molecule has 0 heterocycles. The van der Waals surface area contributed by atoms with Gasteiger partial charge in [0.05, 0.1) is 0 Å². The largest absolute Gasteiger partial charge is 0.783 e. The van der Waals surface area contributed by atoms with Gasteiger partial charge in [0.1, 0.15) is 11.4 Å². The molecule has 0 bridgehead atoms. The van der Waals surface area contributed by atoms with Gasteiger partial charge in [0.2, 0.25) is 0 Å². The van der Waals surface area contributed by atoms with Crippen molar-refractivity contribution >= 4 is 28.9 Å². The standard InChI is InChI=1S/C14H15O2PS2.Mo/c1-11-7-3-5-9-13(11)16-17(15,18)19-14-10-6-4-8-12(14)2;/h3-10H,1-2H3,(H,15,18);/p-1. The Morgan fingerprint density at radius 1 is 1.00 bits per heavy atom. The van der Waals surface area contributed by atoms with Crippen LogP contribution in [0.25, 0.3) is 0 Å². The Morgan fingerprint density at radius 3 is 2.15 bits per heavy atom. The fourth-order valence-electron chi connectivity index (χ4n) is 1.58. The van der Waals surface area contributed by atoms with Gasteiger partial charge in [0.25, 0.3) is 0 Å². The summed E-state index contributed by atoms with van der Waals surface area (Å²) >= 11 is 6.25. The second kappa shape index (κ2) is 7.77. The van der Waals surface area contributed by atoms with Crippen LogP contribution >= 0.6 is 17.1 Å². The van der Waals surface area contributed by atoms with Crippen molar-refractivity contribution in [1.29, 1.82) is 0 Å². The first-order valence-corrected chi connectivity index (χ1v) is 9.85. The van der Waals surface area contributed by atoms with E-state index in [1.54, 1.807) is 6.07 Å². The zero-order valence-corrected chi connectivity index (χ0v) is 15.6. The number of para-hydroxylation sites is 1. The van der Waals surface area contributed by atoms with Gasteiger partial charge in [-0.25, -0.2) is 0 Å². The molecule has 2 nitrogen and oxygen atoms in total.